The molecular formula is C36H41Cl2N3O7S. The second kappa shape index (κ2) is 20.8. The van der Waals surface area contributed by atoms with E-state index in [9.17, 15) is 19.3 Å². The molecule has 0 aromatic heterocycles. The van der Waals surface area contributed by atoms with Crippen LogP contribution in [0.5, 0.6) is 0 Å². The molecule has 1 N–H and O–H groups in total. The molecule has 0 saturated heterocycles. The highest BCUT2D eigenvalue weighted by Crippen LogP contribution is 2.37. The predicted molar refractivity (Wildman–Crippen MR) is 193 cm³/mol. The lowest BCUT2D eigenvalue weighted by molar-refractivity contribution is -0.148. The maximum atomic E-state index is 13.4. The largest absolute Gasteiger partial charge is 0.463 e. The summed E-state index contributed by atoms with van der Waals surface area (Å²) in [5.74, 6) is -1.02. The summed E-state index contributed by atoms with van der Waals surface area (Å²) in [7, 11) is 0. The lowest BCUT2D eigenvalue weighted by atomic mass is 9.88. The normalized spacial score (nSPS) is 13.7. The number of nitroso groups, excluding NO2 is 1. The van der Waals surface area contributed by atoms with Crippen LogP contribution < -0.4 is 5.32 Å². The van der Waals surface area contributed by atoms with Crippen molar-refractivity contribution in [3.63, 3.8) is 0 Å². The summed E-state index contributed by atoms with van der Waals surface area (Å²) in [5.41, 5.74) is 2.88. The van der Waals surface area contributed by atoms with Gasteiger partial charge >= 0.3 is 11.9 Å². The molecule has 13 heteroatoms. The van der Waals surface area contributed by atoms with Gasteiger partial charge in [-0.05, 0) is 48.1 Å². The SMILES string of the molecule is O=NSC(C1CCCCC1)N(Cc1ccccc1)C(=O)CCC(=O)OCCOCCOC(=O)Cc1ccccc1Nc1c(Cl)cccc1Cl. The summed E-state index contributed by atoms with van der Waals surface area (Å²) in [4.78, 5) is 51.4. The van der Waals surface area contributed by atoms with E-state index >= 15 is 0 Å². The molecular weight excluding hydrogens is 689 g/mol. The molecule has 3 aromatic rings. The Morgan fingerprint density at radius 3 is 2.16 bits per heavy atom. The highest BCUT2D eigenvalue weighted by molar-refractivity contribution is 7.98. The zero-order valence-corrected chi connectivity index (χ0v) is 29.5. The molecule has 1 aliphatic rings. The molecule has 1 saturated carbocycles. The zero-order chi connectivity index (χ0) is 34.8. The van der Waals surface area contributed by atoms with Crippen LogP contribution in [0.1, 0.15) is 56.1 Å². The molecule has 1 atom stereocenters. The average Bonchev–Trinajstić information content (AvgIpc) is 3.11. The summed E-state index contributed by atoms with van der Waals surface area (Å²) >= 11 is 13.5. The monoisotopic (exact) mass is 729 g/mol. The molecule has 10 nitrogen and oxygen atoms in total. The van der Waals surface area contributed by atoms with Gasteiger partial charge in [-0.15, -0.1) is 4.91 Å². The first-order valence-electron chi connectivity index (χ1n) is 16.4. The van der Waals surface area contributed by atoms with Crippen LogP contribution >= 0.6 is 35.1 Å². The Labute approximate surface area is 301 Å². The molecule has 4 rings (SSSR count). The van der Waals surface area contributed by atoms with Gasteiger partial charge in [-0.2, -0.15) is 0 Å². The Morgan fingerprint density at radius 1 is 0.816 bits per heavy atom. The van der Waals surface area contributed by atoms with Gasteiger partial charge in [0.25, 0.3) is 0 Å². The van der Waals surface area contributed by atoms with E-state index in [0.29, 0.717) is 33.5 Å². The summed E-state index contributed by atoms with van der Waals surface area (Å²) < 4.78 is 19.1. The van der Waals surface area contributed by atoms with Crippen LogP contribution in [0.4, 0.5) is 11.4 Å². The molecule has 0 radical (unpaired) electrons. The van der Waals surface area contributed by atoms with Crippen LogP contribution in [0.15, 0.2) is 77.4 Å². The van der Waals surface area contributed by atoms with E-state index in [2.05, 4.69) is 9.90 Å². The fourth-order valence-electron chi connectivity index (χ4n) is 5.67. The Morgan fingerprint density at radius 2 is 1.47 bits per heavy atom. The van der Waals surface area contributed by atoms with E-state index in [-0.39, 0.29) is 62.9 Å². The number of benzene rings is 3. The van der Waals surface area contributed by atoms with E-state index in [1.165, 1.54) is 0 Å². The van der Waals surface area contributed by atoms with Crippen LogP contribution in [0, 0.1) is 10.8 Å². The number of amides is 1. The quantitative estimate of drug-likeness (QED) is 0.0425. The third kappa shape index (κ3) is 12.6. The fourth-order valence-corrected chi connectivity index (χ4v) is 7.00. The van der Waals surface area contributed by atoms with Gasteiger partial charge < -0.3 is 24.4 Å². The van der Waals surface area contributed by atoms with E-state index in [4.69, 9.17) is 37.4 Å². The van der Waals surface area contributed by atoms with Gasteiger partial charge in [-0.25, -0.2) is 0 Å². The van der Waals surface area contributed by atoms with Gasteiger partial charge in [-0.3, -0.25) is 14.4 Å². The minimum Gasteiger partial charge on any atom is -0.463 e. The number of hydrogen-bond donors (Lipinski definition) is 1. The molecule has 0 bridgehead atoms. The molecule has 0 spiro atoms. The average molecular weight is 731 g/mol. The Hall–Kier alpha value is -3.64. The standard InChI is InChI=1S/C36H41Cl2N3O7S/c37-29-15-9-16-30(38)35(29)39-31-17-8-7-14-28(31)24-34(44)48-23-21-46-20-22-47-33(43)19-18-32(42)41(25-26-10-3-1-4-11-26)36(49-40-45)27-12-5-2-6-13-27/h1,3-4,7-11,14-17,27,36,39H,2,5-6,12-13,18-25H2. The van der Waals surface area contributed by atoms with Crippen molar-refractivity contribution in [2.45, 2.75) is 63.3 Å². The van der Waals surface area contributed by atoms with Crippen LogP contribution in [0.3, 0.4) is 0 Å². The highest BCUT2D eigenvalue weighted by Gasteiger charge is 2.33. The Bertz CT molecular complexity index is 1510. The van der Waals surface area contributed by atoms with E-state index in [1.54, 1.807) is 23.1 Å². The van der Waals surface area contributed by atoms with Crippen LogP contribution in [0.25, 0.3) is 0 Å². The number of hydrogen-bond acceptors (Lipinski definition) is 10. The topological polar surface area (TPSA) is 124 Å². The molecule has 1 unspecified atom stereocenters. The third-order valence-corrected chi connectivity index (χ3v) is 9.70. The molecule has 262 valence electrons. The van der Waals surface area contributed by atoms with Crippen molar-refractivity contribution in [2.75, 3.05) is 31.7 Å². The van der Waals surface area contributed by atoms with Crippen molar-refractivity contribution in [2.24, 2.45) is 10.5 Å². The van der Waals surface area contributed by atoms with Gasteiger partial charge in [0.15, 0.2) is 0 Å². The maximum absolute atomic E-state index is 13.4. The number of esters is 2. The number of carbonyl (C=O) groups is 3. The summed E-state index contributed by atoms with van der Waals surface area (Å²) in [6, 6.07) is 22.1. The smallest absolute Gasteiger partial charge is 0.310 e. The molecule has 1 aliphatic carbocycles. The van der Waals surface area contributed by atoms with Crippen LogP contribution in [0.2, 0.25) is 10.0 Å². The van der Waals surface area contributed by atoms with Crippen molar-refractivity contribution in [3.8, 4) is 0 Å². The van der Waals surface area contributed by atoms with Crippen LogP contribution in [-0.2, 0) is 41.6 Å². The van der Waals surface area contributed by atoms with Crippen molar-refractivity contribution >= 4 is 64.4 Å². The second-order valence-electron chi connectivity index (χ2n) is 11.6. The van der Waals surface area contributed by atoms with Crippen molar-refractivity contribution in [1.29, 1.82) is 0 Å². The fraction of sp³-hybridized carbons (Fsp3) is 0.417. The number of halogens is 2. The summed E-state index contributed by atoms with van der Waals surface area (Å²) in [6.07, 6.45) is 4.99. The summed E-state index contributed by atoms with van der Waals surface area (Å²) in [5, 5.41) is 3.72. The van der Waals surface area contributed by atoms with Gasteiger partial charge in [0.2, 0.25) is 5.91 Å². The number of para-hydroxylation sites is 2. The van der Waals surface area contributed by atoms with E-state index < -0.39 is 11.9 Å². The van der Waals surface area contributed by atoms with Crippen molar-refractivity contribution in [1.82, 2.24) is 4.90 Å². The van der Waals surface area contributed by atoms with Gasteiger partial charge in [-0.1, -0.05) is 97.1 Å². The predicted octanol–water partition coefficient (Wildman–Crippen LogP) is 8.51. The second-order valence-corrected chi connectivity index (χ2v) is 13.2. The molecule has 0 aliphatic heterocycles. The van der Waals surface area contributed by atoms with E-state index in [1.807, 2.05) is 54.6 Å². The summed E-state index contributed by atoms with van der Waals surface area (Å²) in [6.45, 7) is 0.580. The lowest BCUT2D eigenvalue weighted by Crippen LogP contribution is -2.42. The number of nitrogens with zero attached hydrogens (tertiary/aromatic N) is 2. The minimum atomic E-state index is -0.524. The van der Waals surface area contributed by atoms with Crippen molar-refractivity contribution < 1.29 is 28.6 Å². The molecule has 49 heavy (non-hydrogen) atoms. The Kier molecular flexibility index (Phi) is 16.2. The number of anilines is 2. The number of ether oxygens (including phenoxy) is 3. The first kappa shape index (κ1) is 38.2. The number of rotatable bonds is 19. The third-order valence-electron chi connectivity index (χ3n) is 8.13. The lowest BCUT2D eigenvalue weighted by Gasteiger charge is -2.36. The first-order valence-corrected chi connectivity index (χ1v) is 17.9. The van der Waals surface area contributed by atoms with Crippen molar-refractivity contribution in [3.05, 3.63) is 98.9 Å². The number of nitrogens with one attached hydrogen (secondary N) is 1. The number of carbonyl (C=O) groups excluding carboxylic acids is 3. The molecule has 3 aromatic carbocycles. The Balaban J connectivity index is 1.15. The van der Waals surface area contributed by atoms with Crippen LogP contribution in [-0.4, -0.2) is 54.5 Å². The first-order chi connectivity index (χ1) is 23.9. The van der Waals surface area contributed by atoms with E-state index in [0.717, 1.165) is 49.6 Å². The zero-order valence-electron chi connectivity index (χ0n) is 27.2. The van der Waals surface area contributed by atoms with Gasteiger partial charge in [0.05, 0.1) is 41.8 Å². The minimum absolute atomic E-state index is 0.00599. The highest BCUT2D eigenvalue weighted by atomic mass is 35.5. The maximum Gasteiger partial charge on any atom is 0.310 e. The van der Waals surface area contributed by atoms with Gasteiger partial charge in [0.1, 0.15) is 18.6 Å². The van der Waals surface area contributed by atoms with Gasteiger partial charge in [0, 0.05) is 35.2 Å². The molecule has 1 fully saturated rings. The molecule has 1 amide bonds. The molecule has 0 heterocycles.